The number of alkyl carbamates (subject to hydrolysis) is 1. The number of ether oxygens (including phenoxy) is 5. The second kappa shape index (κ2) is 14.1. The molecule has 2 saturated heterocycles. The standard InChI is InChI=1S/C33H35Cl3N4O10S/c1-12-6-15-7-16-18(8-37)40-19-9-48-31(44)17(39-32(45)49-11-33(34,35)36)10-51-30(24(40)23(38-16)20(15)25(42)27(12)46-4)22-21(19)26(43)29(47-5)13(2)28(22)50-14(3)41/h6,16-19,23-24,30,38,42-43H,7,9-11H2,1-5H3,(H,39,45)/t16-,17-,18-,19-,23+,24+,30+/m0/s1. The van der Waals surface area contributed by atoms with Gasteiger partial charge in [-0.2, -0.15) is 5.26 Å². The molecule has 4 N–H and O–H groups in total. The Labute approximate surface area is 312 Å². The predicted molar refractivity (Wildman–Crippen MR) is 186 cm³/mol. The van der Waals surface area contributed by atoms with Crippen molar-refractivity contribution in [2.45, 2.75) is 72.5 Å². The largest absolute Gasteiger partial charge is 0.504 e. The molecule has 0 unspecified atom stereocenters. The number of nitrogens with one attached hydrogen (secondary N) is 2. The van der Waals surface area contributed by atoms with Crippen LogP contribution in [0.4, 0.5) is 4.79 Å². The summed E-state index contributed by atoms with van der Waals surface area (Å²) in [6, 6.07) is -0.460. The summed E-state index contributed by atoms with van der Waals surface area (Å²) in [5, 5.41) is 39.7. The van der Waals surface area contributed by atoms with Crippen LogP contribution in [0.5, 0.6) is 28.7 Å². The molecule has 4 aliphatic heterocycles. The molecule has 0 saturated carbocycles. The van der Waals surface area contributed by atoms with Gasteiger partial charge in [-0.1, -0.05) is 40.9 Å². The fourth-order valence-corrected chi connectivity index (χ4v) is 9.49. The number of phenols is 2. The van der Waals surface area contributed by atoms with Crippen LogP contribution in [-0.2, 0) is 25.5 Å². The Hall–Kier alpha value is -3.52. The smallest absolute Gasteiger partial charge is 0.408 e. The van der Waals surface area contributed by atoms with Crippen molar-refractivity contribution in [2.75, 3.05) is 33.2 Å². The Kier molecular flexibility index (Phi) is 10.3. The third-order valence-corrected chi connectivity index (χ3v) is 11.4. The molecule has 4 bridgehead atoms. The number of benzene rings is 2. The van der Waals surface area contributed by atoms with Crippen LogP contribution in [0.2, 0.25) is 0 Å². The summed E-state index contributed by atoms with van der Waals surface area (Å²) in [6.07, 6.45) is -0.653. The monoisotopic (exact) mass is 784 g/mol. The van der Waals surface area contributed by atoms with E-state index >= 15 is 0 Å². The first kappa shape index (κ1) is 37.2. The Balaban J connectivity index is 1.58. The van der Waals surface area contributed by atoms with Gasteiger partial charge in [-0.15, -0.1) is 11.8 Å². The average molecular weight is 786 g/mol. The molecular weight excluding hydrogens is 751 g/mol. The zero-order valence-electron chi connectivity index (χ0n) is 28.0. The summed E-state index contributed by atoms with van der Waals surface area (Å²) in [7, 11) is 2.83. The van der Waals surface area contributed by atoms with E-state index in [0.717, 1.165) is 11.1 Å². The number of methoxy groups -OCH3 is 2. The van der Waals surface area contributed by atoms with Crippen molar-refractivity contribution in [1.82, 2.24) is 15.5 Å². The van der Waals surface area contributed by atoms with Crippen LogP contribution < -0.4 is 24.8 Å². The number of halogens is 3. The number of alkyl halides is 3. The van der Waals surface area contributed by atoms with Crippen molar-refractivity contribution in [3.05, 3.63) is 39.4 Å². The lowest BCUT2D eigenvalue weighted by atomic mass is 9.72. The third-order valence-electron chi connectivity index (χ3n) is 9.63. The lowest BCUT2D eigenvalue weighted by molar-refractivity contribution is -0.149. The number of thioether (sulfide) groups is 1. The van der Waals surface area contributed by atoms with E-state index in [9.17, 15) is 29.9 Å². The van der Waals surface area contributed by atoms with Crippen molar-refractivity contribution in [2.24, 2.45) is 0 Å². The predicted octanol–water partition coefficient (Wildman–Crippen LogP) is 4.34. The van der Waals surface area contributed by atoms with E-state index in [1.807, 2.05) is 17.9 Å². The molecule has 4 heterocycles. The van der Waals surface area contributed by atoms with Gasteiger partial charge in [0.2, 0.25) is 3.79 Å². The molecule has 6 rings (SSSR count). The fourth-order valence-electron chi connectivity index (χ4n) is 7.81. The highest BCUT2D eigenvalue weighted by atomic mass is 35.6. The minimum atomic E-state index is -1.89. The van der Waals surface area contributed by atoms with Crippen molar-refractivity contribution < 1.29 is 48.3 Å². The highest BCUT2D eigenvalue weighted by Crippen LogP contribution is 2.61. The first-order valence-corrected chi connectivity index (χ1v) is 18.0. The molecule has 0 radical (unpaired) electrons. The molecule has 0 aliphatic carbocycles. The van der Waals surface area contributed by atoms with Crippen molar-refractivity contribution in [3.8, 4) is 34.8 Å². The molecule has 51 heavy (non-hydrogen) atoms. The van der Waals surface area contributed by atoms with Gasteiger partial charge in [-0.25, -0.2) is 9.59 Å². The van der Waals surface area contributed by atoms with E-state index in [-0.39, 0.29) is 34.3 Å². The van der Waals surface area contributed by atoms with Gasteiger partial charge in [-0.05, 0) is 31.4 Å². The molecule has 274 valence electrons. The first-order valence-electron chi connectivity index (χ1n) is 15.8. The van der Waals surface area contributed by atoms with Gasteiger partial charge in [0.25, 0.3) is 0 Å². The van der Waals surface area contributed by atoms with Gasteiger partial charge in [0, 0.05) is 47.0 Å². The zero-order valence-corrected chi connectivity index (χ0v) is 31.1. The van der Waals surface area contributed by atoms with Crippen molar-refractivity contribution in [3.63, 3.8) is 0 Å². The number of piperazine rings is 1. The Morgan fingerprint density at radius 2 is 1.82 bits per heavy atom. The van der Waals surface area contributed by atoms with Crippen molar-refractivity contribution in [1.29, 1.82) is 5.26 Å². The third kappa shape index (κ3) is 6.55. The quantitative estimate of drug-likeness (QED) is 0.190. The molecule has 0 spiro atoms. The van der Waals surface area contributed by atoms with E-state index in [1.54, 1.807) is 6.92 Å². The van der Waals surface area contributed by atoms with Crippen LogP contribution in [0.1, 0.15) is 57.6 Å². The number of esters is 2. The van der Waals surface area contributed by atoms with Crippen LogP contribution in [0.3, 0.4) is 0 Å². The summed E-state index contributed by atoms with van der Waals surface area (Å²) < 4.78 is 26.0. The molecule has 2 aromatic rings. The zero-order chi connectivity index (χ0) is 37.1. The number of nitriles is 1. The van der Waals surface area contributed by atoms with Gasteiger partial charge in [0.05, 0.1) is 37.6 Å². The number of rotatable bonds is 5. The van der Waals surface area contributed by atoms with Gasteiger partial charge in [-0.3, -0.25) is 9.69 Å². The number of fused-ring (bicyclic) bond motifs is 7. The maximum absolute atomic E-state index is 13.6. The number of hydrogen-bond donors (Lipinski definition) is 4. The lowest BCUT2D eigenvalue weighted by Gasteiger charge is -2.59. The Morgan fingerprint density at radius 3 is 2.45 bits per heavy atom. The van der Waals surface area contributed by atoms with Gasteiger partial charge in [0.1, 0.15) is 31.0 Å². The topological polar surface area (TPSA) is 189 Å². The van der Waals surface area contributed by atoms with E-state index in [2.05, 4.69) is 16.7 Å². The maximum atomic E-state index is 13.6. The van der Waals surface area contributed by atoms with Gasteiger partial charge < -0.3 is 44.5 Å². The van der Waals surface area contributed by atoms with Crippen LogP contribution in [0, 0.1) is 25.2 Å². The van der Waals surface area contributed by atoms with Crippen molar-refractivity contribution >= 4 is 64.6 Å². The number of aromatic hydroxyl groups is 2. The van der Waals surface area contributed by atoms with Crippen LogP contribution >= 0.6 is 46.6 Å². The van der Waals surface area contributed by atoms with E-state index in [0.29, 0.717) is 28.9 Å². The van der Waals surface area contributed by atoms with Gasteiger partial charge >= 0.3 is 18.0 Å². The number of carbonyl (C=O) groups excluding carboxylic acids is 3. The van der Waals surface area contributed by atoms with E-state index in [1.165, 1.54) is 32.9 Å². The molecule has 18 heteroatoms. The second-order valence-corrected chi connectivity index (χ2v) is 16.4. The lowest BCUT2D eigenvalue weighted by Crippen LogP contribution is -2.69. The molecule has 2 fully saturated rings. The number of carbonyl (C=O) groups is 3. The molecule has 7 atom stereocenters. The molecule has 1 amide bonds. The summed E-state index contributed by atoms with van der Waals surface area (Å²) in [5.41, 5.74) is 3.12. The maximum Gasteiger partial charge on any atom is 0.408 e. The summed E-state index contributed by atoms with van der Waals surface area (Å²) in [6.45, 7) is 3.73. The molecule has 0 aromatic heterocycles. The average Bonchev–Trinajstić information content (AvgIpc) is 3.06. The molecular formula is C33H35Cl3N4O10S. The first-order chi connectivity index (χ1) is 24.1. The Morgan fingerprint density at radius 1 is 1.14 bits per heavy atom. The second-order valence-electron chi connectivity index (χ2n) is 12.7. The fraction of sp³-hybridized carbons (Fsp3) is 0.515. The number of cyclic esters (lactones) is 1. The minimum absolute atomic E-state index is 0.0452. The summed E-state index contributed by atoms with van der Waals surface area (Å²) >= 11 is 18.4. The molecule has 4 aliphatic rings. The highest BCUT2D eigenvalue weighted by molar-refractivity contribution is 7.99. The van der Waals surface area contributed by atoms with Crippen LogP contribution in [0.25, 0.3) is 0 Å². The minimum Gasteiger partial charge on any atom is -0.504 e. The molecule has 2 aromatic carbocycles. The number of hydrogen-bond acceptors (Lipinski definition) is 14. The van der Waals surface area contributed by atoms with Crippen LogP contribution in [0.15, 0.2) is 6.07 Å². The summed E-state index contributed by atoms with van der Waals surface area (Å²) in [4.78, 5) is 40.8. The SMILES string of the molecule is COc1c(C)cc2c(c1O)[C@H]1N[C@@H](C2)[C@H](C#N)N2[C@H]1[C@@H]1SC[C@H](NC(=O)OCC(Cl)(Cl)Cl)C(=O)OC[C@H]2c2c(O)c(OC)c(C)c(OC(C)=O)c21. The number of aryl methyl sites for hydroxylation is 1. The summed E-state index contributed by atoms with van der Waals surface area (Å²) in [5.74, 6) is -1.42. The molecule has 14 nitrogen and oxygen atoms in total. The van der Waals surface area contributed by atoms with Crippen LogP contribution in [-0.4, -0.2) is 94.3 Å². The highest BCUT2D eigenvalue weighted by Gasteiger charge is 2.58. The van der Waals surface area contributed by atoms with E-state index < -0.39 is 76.5 Å². The van der Waals surface area contributed by atoms with Gasteiger partial charge in [0.15, 0.2) is 23.0 Å². The number of phenolic OH excluding ortho intramolecular Hbond substituents is 2. The normalized spacial score (nSPS) is 26.7. The number of amides is 1. The Bertz CT molecular complexity index is 1840. The van der Waals surface area contributed by atoms with E-state index in [4.69, 9.17) is 58.5 Å². The number of nitrogens with zero attached hydrogens (tertiary/aromatic N) is 2.